The summed E-state index contributed by atoms with van der Waals surface area (Å²) in [6.45, 7) is 7.73. The minimum absolute atomic E-state index is 0.782. The molecule has 3 atom stereocenters. The zero-order valence-corrected chi connectivity index (χ0v) is 12.9. The highest BCUT2D eigenvalue weighted by Gasteiger charge is 2.38. The van der Waals surface area contributed by atoms with E-state index in [1.807, 2.05) is 0 Å². The molecule has 4 heteroatoms. The van der Waals surface area contributed by atoms with E-state index in [4.69, 9.17) is 0 Å². The number of hydrogen-bond donors (Lipinski definition) is 0. The van der Waals surface area contributed by atoms with Gasteiger partial charge in [-0.25, -0.2) is 0 Å². The van der Waals surface area contributed by atoms with Crippen molar-refractivity contribution in [1.29, 1.82) is 0 Å². The Labute approximate surface area is 118 Å². The largest absolute Gasteiger partial charge is 0.305 e. The fourth-order valence-electron chi connectivity index (χ4n) is 4.21. The normalized spacial score (nSPS) is 38.2. The van der Waals surface area contributed by atoms with Gasteiger partial charge in [-0.3, -0.25) is 4.90 Å². The van der Waals surface area contributed by atoms with Crippen LogP contribution in [0, 0.1) is 0 Å². The van der Waals surface area contributed by atoms with Gasteiger partial charge in [0.15, 0.2) is 0 Å². The molecule has 3 heterocycles. The fourth-order valence-corrected chi connectivity index (χ4v) is 4.21. The average molecular weight is 266 g/mol. The van der Waals surface area contributed by atoms with Crippen LogP contribution >= 0.6 is 0 Å². The lowest BCUT2D eigenvalue weighted by Crippen LogP contribution is -2.53. The van der Waals surface area contributed by atoms with E-state index in [1.54, 1.807) is 0 Å². The van der Waals surface area contributed by atoms with Crippen LogP contribution in [-0.2, 0) is 0 Å². The number of hydrogen-bond acceptors (Lipinski definition) is 4. The van der Waals surface area contributed by atoms with Gasteiger partial charge in [0.05, 0.1) is 0 Å². The highest BCUT2D eigenvalue weighted by Crippen LogP contribution is 2.28. The summed E-state index contributed by atoms with van der Waals surface area (Å²) in [5.41, 5.74) is 0. The first-order chi connectivity index (χ1) is 9.13. The van der Waals surface area contributed by atoms with Crippen LogP contribution in [0.2, 0.25) is 0 Å². The second-order valence-electron chi connectivity index (χ2n) is 7.05. The molecule has 3 saturated heterocycles. The lowest BCUT2D eigenvalue weighted by Gasteiger charge is -2.39. The molecular formula is C15H30N4. The molecule has 3 aliphatic heterocycles. The van der Waals surface area contributed by atoms with Gasteiger partial charge in [-0.15, -0.1) is 0 Å². The molecule has 3 rings (SSSR count). The first-order valence-electron chi connectivity index (χ1n) is 7.96. The summed E-state index contributed by atoms with van der Waals surface area (Å²) < 4.78 is 0. The molecular weight excluding hydrogens is 236 g/mol. The van der Waals surface area contributed by atoms with Crippen LogP contribution in [0.1, 0.15) is 19.3 Å². The van der Waals surface area contributed by atoms with Crippen LogP contribution in [-0.4, -0.2) is 98.1 Å². The third kappa shape index (κ3) is 2.97. The molecule has 0 N–H and O–H groups in total. The van der Waals surface area contributed by atoms with Gasteiger partial charge < -0.3 is 14.7 Å². The van der Waals surface area contributed by atoms with Crippen LogP contribution in [0.3, 0.4) is 0 Å². The van der Waals surface area contributed by atoms with Crippen molar-refractivity contribution in [3.8, 4) is 0 Å². The van der Waals surface area contributed by atoms with E-state index in [-0.39, 0.29) is 0 Å². The minimum atomic E-state index is 0.782. The van der Waals surface area contributed by atoms with Crippen molar-refractivity contribution in [3.63, 3.8) is 0 Å². The molecule has 2 unspecified atom stereocenters. The first kappa shape index (κ1) is 13.8. The molecule has 0 aliphatic carbocycles. The summed E-state index contributed by atoms with van der Waals surface area (Å²) in [7, 11) is 6.72. The molecule has 19 heavy (non-hydrogen) atoms. The van der Waals surface area contributed by atoms with Gasteiger partial charge in [0.1, 0.15) is 0 Å². The molecule has 3 aliphatic rings. The van der Waals surface area contributed by atoms with Crippen molar-refractivity contribution in [2.45, 2.75) is 37.4 Å². The van der Waals surface area contributed by atoms with Crippen LogP contribution in [0.4, 0.5) is 0 Å². The zero-order chi connectivity index (χ0) is 13.4. The second kappa shape index (κ2) is 5.68. The lowest BCUT2D eigenvalue weighted by atomic mass is 10.2. The van der Waals surface area contributed by atoms with E-state index in [0.29, 0.717) is 0 Å². The van der Waals surface area contributed by atoms with E-state index in [0.717, 1.165) is 18.1 Å². The van der Waals surface area contributed by atoms with Gasteiger partial charge in [0.25, 0.3) is 0 Å². The van der Waals surface area contributed by atoms with E-state index in [9.17, 15) is 0 Å². The van der Waals surface area contributed by atoms with Gasteiger partial charge >= 0.3 is 0 Å². The highest BCUT2D eigenvalue weighted by molar-refractivity contribution is 4.94. The summed E-state index contributed by atoms with van der Waals surface area (Å²) >= 11 is 0. The number of fused-ring (bicyclic) bond motifs is 1. The Morgan fingerprint density at radius 2 is 1.84 bits per heavy atom. The fraction of sp³-hybridized carbons (Fsp3) is 1.00. The monoisotopic (exact) mass is 266 g/mol. The number of nitrogens with zero attached hydrogens (tertiary/aromatic N) is 4. The maximum Gasteiger partial charge on any atom is 0.0229 e. The van der Waals surface area contributed by atoms with Gasteiger partial charge in [0, 0.05) is 50.8 Å². The quantitative estimate of drug-likeness (QED) is 0.733. The number of piperazine rings is 1. The summed E-state index contributed by atoms with van der Waals surface area (Å²) in [6, 6.07) is 2.46. The predicted octanol–water partition coefficient (Wildman–Crippen LogP) is 0.401. The SMILES string of the molecule is CN1CCN2C(CN3CCC(N(C)C)C3)CC[C@H]2C1. The van der Waals surface area contributed by atoms with Crippen LogP contribution in [0.5, 0.6) is 0 Å². The van der Waals surface area contributed by atoms with E-state index in [2.05, 4.69) is 40.7 Å². The summed E-state index contributed by atoms with van der Waals surface area (Å²) in [6.07, 6.45) is 4.19. The first-order valence-corrected chi connectivity index (χ1v) is 7.96. The maximum atomic E-state index is 2.81. The molecule has 4 nitrogen and oxygen atoms in total. The number of likely N-dealkylation sites (tertiary alicyclic amines) is 1. The summed E-state index contributed by atoms with van der Waals surface area (Å²) in [5.74, 6) is 0. The molecule has 0 saturated carbocycles. The molecule has 0 spiro atoms. The number of rotatable bonds is 3. The Morgan fingerprint density at radius 1 is 1.00 bits per heavy atom. The third-order valence-corrected chi connectivity index (χ3v) is 5.48. The van der Waals surface area contributed by atoms with Crippen molar-refractivity contribution in [2.24, 2.45) is 0 Å². The molecule has 0 aromatic heterocycles. The standard InChI is InChI=1S/C15H30N4/c1-16(2)13-6-7-18(11-13)12-15-5-4-14-10-17(3)8-9-19(14)15/h13-15H,4-12H2,1-3H3/t13?,14-,15?/m0/s1. The summed E-state index contributed by atoms with van der Waals surface area (Å²) in [5, 5.41) is 0. The van der Waals surface area contributed by atoms with Gasteiger partial charge in [-0.1, -0.05) is 0 Å². The molecule has 3 fully saturated rings. The van der Waals surface area contributed by atoms with Crippen molar-refractivity contribution in [1.82, 2.24) is 19.6 Å². The van der Waals surface area contributed by atoms with Gasteiger partial charge in [-0.05, 0) is 47.0 Å². The maximum absolute atomic E-state index is 2.81. The minimum Gasteiger partial charge on any atom is -0.305 e. The Kier molecular flexibility index (Phi) is 4.13. The smallest absolute Gasteiger partial charge is 0.0229 e. The Hall–Kier alpha value is -0.160. The molecule has 110 valence electrons. The van der Waals surface area contributed by atoms with Crippen molar-refractivity contribution >= 4 is 0 Å². The average Bonchev–Trinajstić information content (AvgIpc) is 2.97. The van der Waals surface area contributed by atoms with E-state index < -0.39 is 0 Å². The van der Waals surface area contributed by atoms with Crippen LogP contribution in [0.15, 0.2) is 0 Å². The van der Waals surface area contributed by atoms with E-state index >= 15 is 0 Å². The summed E-state index contributed by atoms with van der Waals surface area (Å²) in [4.78, 5) is 10.4. The Balaban J connectivity index is 1.51. The van der Waals surface area contributed by atoms with Gasteiger partial charge in [-0.2, -0.15) is 0 Å². The van der Waals surface area contributed by atoms with Crippen LogP contribution in [0.25, 0.3) is 0 Å². The van der Waals surface area contributed by atoms with Crippen molar-refractivity contribution < 1.29 is 0 Å². The Bertz CT molecular complexity index is 307. The molecule has 0 aromatic rings. The molecule has 0 bridgehead atoms. The van der Waals surface area contributed by atoms with E-state index in [1.165, 1.54) is 58.5 Å². The third-order valence-electron chi connectivity index (χ3n) is 5.48. The van der Waals surface area contributed by atoms with Crippen molar-refractivity contribution in [2.75, 3.05) is 60.4 Å². The Morgan fingerprint density at radius 3 is 2.58 bits per heavy atom. The number of likely N-dealkylation sites (N-methyl/N-ethyl adjacent to an activating group) is 2. The molecule has 0 radical (unpaired) electrons. The predicted molar refractivity (Wildman–Crippen MR) is 79.5 cm³/mol. The zero-order valence-electron chi connectivity index (χ0n) is 12.9. The van der Waals surface area contributed by atoms with Gasteiger partial charge in [0.2, 0.25) is 0 Å². The highest BCUT2D eigenvalue weighted by atomic mass is 15.3. The topological polar surface area (TPSA) is 13.0 Å². The molecule has 0 amide bonds. The van der Waals surface area contributed by atoms with Crippen LogP contribution < -0.4 is 0 Å². The lowest BCUT2D eigenvalue weighted by molar-refractivity contribution is 0.0792. The molecule has 0 aromatic carbocycles. The second-order valence-corrected chi connectivity index (χ2v) is 7.05. The van der Waals surface area contributed by atoms with Crippen molar-refractivity contribution in [3.05, 3.63) is 0 Å².